The zero-order valence-corrected chi connectivity index (χ0v) is 14.3. The van der Waals surface area contributed by atoms with Crippen LogP contribution in [0.4, 0.5) is 4.39 Å². The van der Waals surface area contributed by atoms with Gasteiger partial charge in [0.15, 0.2) is 6.10 Å². The number of fused-ring (bicyclic) bond motifs is 1. The summed E-state index contributed by atoms with van der Waals surface area (Å²) in [5.41, 5.74) is 1.35. The van der Waals surface area contributed by atoms with E-state index in [0.717, 1.165) is 14.5 Å². The molecule has 0 spiro atoms. The maximum Gasteiger partial charge on any atom is 0.257 e. The van der Waals surface area contributed by atoms with E-state index in [0.29, 0.717) is 11.3 Å². The Labute approximate surface area is 142 Å². The second kappa shape index (κ2) is 5.96. The lowest BCUT2D eigenvalue weighted by Crippen LogP contribution is -2.36. The second-order valence-electron chi connectivity index (χ2n) is 5.02. The van der Waals surface area contributed by atoms with E-state index in [2.05, 4.69) is 31.9 Å². The summed E-state index contributed by atoms with van der Waals surface area (Å²) >= 11 is 6.79. The van der Waals surface area contributed by atoms with Crippen molar-refractivity contribution in [3.05, 3.63) is 72.4 Å². The van der Waals surface area contributed by atoms with Gasteiger partial charge < -0.3 is 4.74 Å². The van der Waals surface area contributed by atoms with Crippen LogP contribution in [-0.4, -0.2) is 11.0 Å². The van der Waals surface area contributed by atoms with Crippen LogP contribution < -0.4 is 4.74 Å². The second-order valence-corrected chi connectivity index (χ2v) is 6.79. The summed E-state index contributed by atoms with van der Waals surface area (Å²) in [6.45, 7) is 0. The number of nitrogens with zero attached hydrogens (tertiary/aromatic N) is 1. The monoisotopic (exact) mass is 429 g/mol. The summed E-state index contributed by atoms with van der Waals surface area (Å²) in [5, 5.41) is 11.4. The average molecular weight is 431 g/mol. The molecule has 3 rings (SSSR count). The molecule has 2 atom stereocenters. The van der Waals surface area contributed by atoms with E-state index in [-0.39, 0.29) is 17.2 Å². The molecule has 0 saturated heterocycles. The van der Waals surface area contributed by atoms with Gasteiger partial charge in [0.1, 0.15) is 11.6 Å². The Balaban J connectivity index is 2.05. The minimum atomic E-state index is -0.917. The lowest BCUT2D eigenvalue weighted by Gasteiger charge is -2.29. The molecule has 22 heavy (non-hydrogen) atoms. The fourth-order valence-electron chi connectivity index (χ4n) is 2.56. The van der Waals surface area contributed by atoms with E-state index in [4.69, 9.17) is 4.74 Å². The number of nitro groups is 1. The van der Waals surface area contributed by atoms with Crippen LogP contribution in [0.5, 0.6) is 5.75 Å². The number of hydrogen-bond donors (Lipinski definition) is 0. The van der Waals surface area contributed by atoms with Gasteiger partial charge in [-0.25, -0.2) is 4.39 Å². The Morgan fingerprint density at radius 1 is 1.23 bits per heavy atom. The van der Waals surface area contributed by atoms with Crippen molar-refractivity contribution >= 4 is 31.9 Å². The standard InChI is InChI=1S/C15H10Br2FNO3/c16-10-5-9-6-13(19(20)21)15(22-14(9)12(17)7-10)8-1-3-11(18)4-2-8/h1-5,7,13,15H,6H2. The molecule has 0 amide bonds. The highest BCUT2D eigenvalue weighted by atomic mass is 79.9. The molecular formula is C15H10Br2FNO3. The van der Waals surface area contributed by atoms with Gasteiger partial charge in [0.25, 0.3) is 6.04 Å². The van der Waals surface area contributed by atoms with Gasteiger partial charge in [0.05, 0.1) is 4.47 Å². The molecule has 114 valence electrons. The maximum absolute atomic E-state index is 13.1. The van der Waals surface area contributed by atoms with Crippen LogP contribution >= 0.6 is 31.9 Å². The van der Waals surface area contributed by atoms with E-state index >= 15 is 0 Å². The van der Waals surface area contributed by atoms with E-state index < -0.39 is 12.1 Å². The lowest BCUT2D eigenvalue weighted by molar-refractivity contribution is -0.535. The fraction of sp³-hybridized carbons (Fsp3) is 0.200. The van der Waals surface area contributed by atoms with Crippen molar-refractivity contribution in [3.8, 4) is 5.75 Å². The van der Waals surface area contributed by atoms with E-state index in [1.165, 1.54) is 24.3 Å². The quantitative estimate of drug-likeness (QED) is 0.513. The van der Waals surface area contributed by atoms with Gasteiger partial charge in [-0.05, 0) is 45.8 Å². The summed E-state index contributed by atoms with van der Waals surface area (Å²) in [6.07, 6.45) is -0.497. The Morgan fingerprint density at radius 3 is 2.55 bits per heavy atom. The minimum absolute atomic E-state index is 0.252. The Hall–Kier alpha value is -1.47. The Bertz CT molecular complexity index is 736. The van der Waals surface area contributed by atoms with Gasteiger partial charge >= 0.3 is 0 Å². The number of halogens is 3. The molecule has 2 aromatic rings. The molecule has 2 aromatic carbocycles. The smallest absolute Gasteiger partial charge is 0.257 e. The molecule has 1 aliphatic rings. The minimum Gasteiger partial charge on any atom is -0.477 e. The Kier molecular flexibility index (Phi) is 4.18. The Morgan fingerprint density at radius 2 is 1.91 bits per heavy atom. The van der Waals surface area contributed by atoms with E-state index in [9.17, 15) is 14.5 Å². The first-order chi connectivity index (χ1) is 10.5. The third-order valence-corrected chi connectivity index (χ3v) is 4.62. The van der Waals surface area contributed by atoms with Crippen LogP contribution in [-0.2, 0) is 6.42 Å². The van der Waals surface area contributed by atoms with Gasteiger partial charge in [-0.2, -0.15) is 0 Å². The normalized spacial score (nSPS) is 20.1. The molecule has 4 nitrogen and oxygen atoms in total. The molecule has 1 aliphatic heterocycles. The van der Waals surface area contributed by atoms with Crippen molar-refractivity contribution < 1.29 is 14.1 Å². The van der Waals surface area contributed by atoms with Gasteiger partial charge in [-0.15, -0.1) is 0 Å². The first-order valence-corrected chi connectivity index (χ1v) is 8.08. The molecule has 0 aliphatic carbocycles. The molecule has 0 radical (unpaired) electrons. The third kappa shape index (κ3) is 2.87. The first-order valence-electron chi connectivity index (χ1n) is 6.49. The molecule has 2 unspecified atom stereocenters. The zero-order valence-electron chi connectivity index (χ0n) is 11.1. The summed E-state index contributed by atoms with van der Waals surface area (Å²) < 4.78 is 20.5. The van der Waals surface area contributed by atoms with Crippen LogP contribution in [0.1, 0.15) is 17.2 Å². The average Bonchev–Trinajstić information content (AvgIpc) is 2.47. The zero-order chi connectivity index (χ0) is 15.9. The van der Waals surface area contributed by atoms with Crippen LogP contribution in [0.25, 0.3) is 0 Å². The molecule has 1 heterocycles. The van der Waals surface area contributed by atoms with Crippen molar-refractivity contribution in [1.82, 2.24) is 0 Å². The van der Waals surface area contributed by atoms with Crippen LogP contribution in [0.3, 0.4) is 0 Å². The lowest BCUT2D eigenvalue weighted by atomic mass is 9.93. The van der Waals surface area contributed by atoms with Crippen LogP contribution in [0.15, 0.2) is 45.3 Å². The van der Waals surface area contributed by atoms with Gasteiger partial charge in [-0.3, -0.25) is 10.1 Å². The van der Waals surface area contributed by atoms with Crippen molar-refractivity contribution in [2.45, 2.75) is 18.6 Å². The van der Waals surface area contributed by atoms with Crippen LogP contribution in [0.2, 0.25) is 0 Å². The highest BCUT2D eigenvalue weighted by Crippen LogP contribution is 2.42. The predicted octanol–water partition coefficient (Wildman–Crippen LogP) is 4.67. The largest absolute Gasteiger partial charge is 0.477 e. The molecule has 0 saturated carbocycles. The van der Waals surface area contributed by atoms with Gasteiger partial charge in [0.2, 0.25) is 0 Å². The van der Waals surface area contributed by atoms with E-state index in [1.54, 1.807) is 0 Å². The fourth-order valence-corrected chi connectivity index (χ4v) is 3.97. The first kappa shape index (κ1) is 15.4. The van der Waals surface area contributed by atoms with Crippen molar-refractivity contribution in [3.63, 3.8) is 0 Å². The van der Waals surface area contributed by atoms with Crippen LogP contribution in [0, 0.1) is 15.9 Å². The van der Waals surface area contributed by atoms with Gasteiger partial charge in [-0.1, -0.05) is 28.1 Å². The maximum atomic E-state index is 13.1. The summed E-state index contributed by atoms with van der Waals surface area (Å²) in [5.74, 6) is 0.207. The highest BCUT2D eigenvalue weighted by molar-refractivity contribution is 9.11. The third-order valence-electron chi connectivity index (χ3n) is 3.58. The number of rotatable bonds is 2. The number of hydrogen-bond acceptors (Lipinski definition) is 3. The number of ether oxygens (including phenoxy) is 1. The molecular weight excluding hydrogens is 421 g/mol. The predicted molar refractivity (Wildman–Crippen MR) is 86.1 cm³/mol. The summed E-state index contributed by atoms with van der Waals surface area (Å²) in [4.78, 5) is 11.1. The molecule has 7 heteroatoms. The van der Waals surface area contributed by atoms with E-state index in [1.807, 2.05) is 12.1 Å². The topological polar surface area (TPSA) is 52.4 Å². The summed E-state index contributed by atoms with van der Waals surface area (Å²) in [6, 6.07) is 8.33. The van der Waals surface area contributed by atoms with Crippen molar-refractivity contribution in [1.29, 1.82) is 0 Å². The molecule has 0 N–H and O–H groups in total. The molecule has 0 aromatic heterocycles. The SMILES string of the molecule is O=[N+]([O-])C1Cc2cc(Br)cc(Br)c2OC1c1ccc(F)cc1. The van der Waals surface area contributed by atoms with Crippen molar-refractivity contribution in [2.24, 2.45) is 0 Å². The molecule has 0 bridgehead atoms. The van der Waals surface area contributed by atoms with Crippen molar-refractivity contribution in [2.75, 3.05) is 0 Å². The van der Waals surface area contributed by atoms with Gasteiger partial charge in [0, 0.05) is 21.4 Å². The molecule has 0 fully saturated rings. The summed E-state index contributed by atoms with van der Waals surface area (Å²) in [7, 11) is 0. The number of benzene rings is 2. The highest BCUT2D eigenvalue weighted by Gasteiger charge is 2.40.